The lowest BCUT2D eigenvalue weighted by molar-refractivity contribution is 0.453. The normalized spacial score (nSPS) is 10.3. The molecule has 0 bridgehead atoms. The summed E-state index contributed by atoms with van der Waals surface area (Å²) in [5.41, 5.74) is 0. The van der Waals surface area contributed by atoms with E-state index in [-0.39, 0.29) is 0 Å². The van der Waals surface area contributed by atoms with E-state index in [9.17, 15) is 0 Å². The molecule has 0 fully saturated rings. The molecule has 0 aliphatic carbocycles. The average molecular weight is 332 g/mol. The highest BCUT2D eigenvalue weighted by molar-refractivity contribution is 9.10. The van der Waals surface area contributed by atoms with Crippen LogP contribution in [0.2, 0.25) is 5.15 Å². The summed E-state index contributed by atoms with van der Waals surface area (Å²) in [5.74, 6) is 1.12. The van der Waals surface area contributed by atoms with Crippen molar-refractivity contribution in [2.45, 2.75) is 5.16 Å². The van der Waals surface area contributed by atoms with Crippen molar-refractivity contribution in [3.8, 4) is 11.6 Å². The molecule has 0 aliphatic heterocycles. The lowest BCUT2D eigenvalue weighted by Gasteiger charge is -2.07. The maximum atomic E-state index is 5.88. The van der Waals surface area contributed by atoms with Gasteiger partial charge in [0.05, 0.1) is 4.47 Å². The van der Waals surface area contributed by atoms with Gasteiger partial charge in [-0.15, -0.1) is 0 Å². The molecule has 0 aliphatic rings. The summed E-state index contributed by atoms with van der Waals surface area (Å²) in [7, 11) is 0. The van der Waals surface area contributed by atoms with Gasteiger partial charge in [0.25, 0.3) is 0 Å². The van der Waals surface area contributed by atoms with Crippen LogP contribution in [0.3, 0.4) is 0 Å². The Morgan fingerprint density at radius 1 is 1.29 bits per heavy atom. The molecule has 1 heterocycles. The van der Waals surface area contributed by atoms with E-state index >= 15 is 0 Å². The number of rotatable bonds is 3. The predicted octanol–water partition coefficient (Wildman–Crippen LogP) is 4.41. The highest BCUT2D eigenvalue weighted by Gasteiger charge is 2.06. The number of ether oxygens (including phenoxy) is 1. The fourth-order valence-corrected chi connectivity index (χ4v) is 2.12. The van der Waals surface area contributed by atoms with Crippen molar-refractivity contribution in [3.63, 3.8) is 0 Å². The molecule has 0 amide bonds. The second-order valence-corrected chi connectivity index (χ2v) is 5.06. The molecular formula is C11H8BrClN2OS. The number of para-hydroxylation sites is 1. The Balaban J connectivity index is 2.30. The average Bonchev–Trinajstić information content (AvgIpc) is 2.31. The first-order valence-corrected chi connectivity index (χ1v) is 7.09. The zero-order chi connectivity index (χ0) is 12.3. The summed E-state index contributed by atoms with van der Waals surface area (Å²) in [6.45, 7) is 0. The van der Waals surface area contributed by atoms with Crippen molar-refractivity contribution in [1.29, 1.82) is 0 Å². The first-order valence-electron chi connectivity index (χ1n) is 4.70. The van der Waals surface area contributed by atoms with Crippen molar-refractivity contribution in [2.75, 3.05) is 6.26 Å². The van der Waals surface area contributed by atoms with Crippen LogP contribution in [-0.4, -0.2) is 16.2 Å². The Morgan fingerprint density at radius 3 is 2.76 bits per heavy atom. The quantitative estimate of drug-likeness (QED) is 0.474. The molecule has 6 heteroatoms. The van der Waals surface area contributed by atoms with Gasteiger partial charge in [-0.1, -0.05) is 35.5 Å². The second kappa shape index (κ2) is 5.71. The van der Waals surface area contributed by atoms with Gasteiger partial charge in [0.15, 0.2) is 5.16 Å². The molecule has 1 aromatic carbocycles. The molecule has 1 aromatic heterocycles. The van der Waals surface area contributed by atoms with Crippen LogP contribution < -0.4 is 4.74 Å². The van der Waals surface area contributed by atoms with Gasteiger partial charge in [0.2, 0.25) is 5.88 Å². The largest absolute Gasteiger partial charge is 0.438 e. The van der Waals surface area contributed by atoms with Gasteiger partial charge in [-0.25, -0.2) is 4.98 Å². The Labute approximate surface area is 117 Å². The predicted molar refractivity (Wildman–Crippen MR) is 73.0 cm³/mol. The van der Waals surface area contributed by atoms with E-state index in [1.165, 1.54) is 11.8 Å². The van der Waals surface area contributed by atoms with E-state index in [0.717, 1.165) is 4.47 Å². The molecular weight excluding hydrogens is 324 g/mol. The molecule has 0 spiro atoms. The Hall–Kier alpha value is -0.780. The minimum absolute atomic E-state index is 0.367. The number of aromatic nitrogens is 2. The van der Waals surface area contributed by atoms with Crippen molar-refractivity contribution in [3.05, 3.63) is 40.0 Å². The summed E-state index contributed by atoms with van der Waals surface area (Å²) >= 11 is 10.7. The zero-order valence-electron chi connectivity index (χ0n) is 8.85. The van der Waals surface area contributed by atoms with Gasteiger partial charge in [0, 0.05) is 6.07 Å². The second-order valence-electron chi connectivity index (χ2n) is 3.05. The third kappa shape index (κ3) is 3.34. The summed E-state index contributed by atoms with van der Waals surface area (Å²) in [4.78, 5) is 8.25. The van der Waals surface area contributed by atoms with Gasteiger partial charge in [-0.05, 0) is 34.3 Å². The molecule has 0 atom stereocenters. The van der Waals surface area contributed by atoms with Crippen LogP contribution in [0.5, 0.6) is 11.6 Å². The number of nitrogens with zero attached hydrogens (tertiary/aromatic N) is 2. The number of halogens is 2. The van der Waals surface area contributed by atoms with Crippen LogP contribution in [0.4, 0.5) is 0 Å². The smallest absolute Gasteiger partial charge is 0.224 e. The van der Waals surface area contributed by atoms with Crippen LogP contribution in [0, 0.1) is 0 Å². The highest BCUT2D eigenvalue weighted by Crippen LogP contribution is 2.29. The minimum atomic E-state index is 0.367. The zero-order valence-corrected chi connectivity index (χ0v) is 12.0. The molecule has 0 saturated carbocycles. The molecule has 88 valence electrons. The standard InChI is InChI=1S/C11H8BrClN2OS/c1-17-11-14-9(13)6-10(15-11)16-8-5-3-2-4-7(8)12/h2-6H,1H3. The van der Waals surface area contributed by atoms with Crippen molar-refractivity contribution in [2.24, 2.45) is 0 Å². The van der Waals surface area contributed by atoms with E-state index in [1.807, 2.05) is 30.5 Å². The summed E-state index contributed by atoms with van der Waals surface area (Å²) in [6.07, 6.45) is 1.88. The fraction of sp³-hybridized carbons (Fsp3) is 0.0909. The Morgan fingerprint density at radius 2 is 2.06 bits per heavy atom. The van der Waals surface area contributed by atoms with E-state index < -0.39 is 0 Å². The number of benzene rings is 1. The molecule has 3 nitrogen and oxygen atoms in total. The molecule has 17 heavy (non-hydrogen) atoms. The minimum Gasteiger partial charge on any atom is -0.438 e. The van der Waals surface area contributed by atoms with E-state index in [4.69, 9.17) is 16.3 Å². The molecule has 0 N–H and O–H groups in total. The number of hydrogen-bond donors (Lipinski definition) is 0. The maximum absolute atomic E-state index is 5.88. The van der Waals surface area contributed by atoms with Gasteiger partial charge in [-0.3, -0.25) is 0 Å². The summed E-state index contributed by atoms with van der Waals surface area (Å²) < 4.78 is 6.50. The molecule has 2 rings (SSSR count). The Kier molecular flexibility index (Phi) is 4.25. The summed E-state index contributed by atoms with van der Waals surface area (Å²) in [6, 6.07) is 9.13. The van der Waals surface area contributed by atoms with Crippen LogP contribution in [0.15, 0.2) is 40.0 Å². The maximum Gasteiger partial charge on any atom is 0.224 e. The van der Waals surface area contributed by atoms with Crippen LogP contribution in [0.25, 0.3) is 0 Å². The van der Waals surface area contributed by atoms with E-state index in [2.05, 4.69) is 25.9 Å². The van der Waals surface area contributed by atoms with Gasteiger partial charge in [-0.2, -0.15) is 4.98 Å². The van der Waals surface area contributed by atoms with Crippen molar-refractivity contribution < 1.29 is 4.74 Å². The third-order valence-corrected chi connectivity index (χ3v) is 3.28. The summed E-state index contributed by atoms with van der Waals surface area (Å²) in [5, 5.41) is 0.950. The first kappa shape index (κ1) is 12.7. The molecule has 0 saturated heterocycles. The number of thioether (sulfide) groups is 1. The molecule has 2 aromatic rings. The van der Waals surface area contributed by atoms with Gasteiger partial charge >= 0.3 is 0 Å². The number of hydrogen-bond acceptors (Lipinski definition) is 4. The van der Waals surface area contributed by atoms with Crippen LogP contribution in [-0.2, 0) is 0 Å². The van der Waals surface area contributed by atoms with Crippen LogP contribution in [0.1, 0.15) is 0 Å². The Bertz CT molecular complexity index is 539. The highest BCUT2D eigenvalue weighted by atomic mass is 79.9. The lowest BCUT2D eigenvalue weighted by Crippen LogP contribution is -1.93. The third-order valence-electron chi connectivity index (χ3n) is 1.88. The molecule has 0 unspecified atom stereocenters. The van der Waals surface area contributed by atoms with E-state index in [0.29, 0.717) is 21.9 Å². The van der Waals surface area contributed by atoms with Crippen LogP contribution >= 0.6 is 39.3 Å². The lowest BCUT2D eigenvalue weighted by atomic mass is 10.3. The SMILES string of the molecule is CSc1nc(Cl)cc(Oc2ccccc2Br)n1. The first-order chi connectivity index (χ1) is 8.19. The van der Waals surface area contributed by atoms with Gasteiger partial charge < -0.3 is 4.74 Å². The van der Waals surface area contributed by atoms with Crippen molar-refractivity contribution in [1.82, 2.24) is 9.97 Å². The molecule has 0 radical (unpaired) electrons. The van der Waals surface area contributed by atoms with E-state index in [1.54, 1.807) is 6.07 Å². The monoisotopic (exact) mass is 330 g/mol. The van der Waals surface area contributed by atoms with Gasteiger partial charge in [0.1, 0.15) is 10.9 Å². The topological polar surface area (TPSA) is 35.0 Å². The fourth-order valence-electron chi connectivity index (χ4n) is 1.16. The van der Waals surface area contributed by atoms with Crippen molar-refractivity contribution >= 4 is 39.3 Å².